The zero-order chi connectivity index (χ0) is 20.3. The van der Waals surface area contributed by atoms with Crippen LogP contribution in [0.4, 0.5) is 0 Å². The lowest BCUT2D eigenvalue weighted by molar-refractivity contribution is -0.143. The van der Waals surface area contributed by atoms with Crippen molar-refractivity contribution in [3.05, 3.63) is 58.7 Å². The summed E-state index contributed by atoms with van der Waals surface area (Å²) < 4.78 is 11.2. The number of rotatable bonds is 6. The summed E-state index contributed by atoms with van der Waals surface area (Å²) in [5.74, 6) is 0.474. The largest absolute Gasteiger partial charge is 0.497 e. The van der Waals surface area contributed by atoms with Crippen LogP contribution in [0.1, 0.15) is 41.1 Å². The van der Waals surface area contributed by atoms with Gasteiger partial charge in [-0.1, -0.05) is 23.8 Å². The van der Waals surface area contributed by atoms with Gasteiger partial charge in [-0.05, 0) is 62.6 Å². The number of methoxy groups -OCH3 is 2. The maximum Gasteiger partial charge on any atom is 0.307 e. The fourth-order valence-corrected chi connectivity index (χ4v) is 4.11. The lowest BCUT2D eigenvalue weighted by Gasteiger charge is -2.38. The normalized spacial score (nSPS) is 18.5. The number of likely N-dealkylation sites (tertiary alicyclic amines) is 1. The van der Waals surface area contributed by atoms with Gasteiger partial charge in [-0.2, -0.15) is 0 Å². The van der Waals surface area contributed by atoms with Gasteiger partial charge in [0.25, 0.3) is 0 Å². The number of hydrogen-bond acceptors (Lipinski definition) is 4. The minimum absolute atomic E-state index is 0.0906. The molecular formula is C23H29NO4. The molecule has 5 nitrogen and oxygen atoms in total. The SMILES string of the molecule is COc1ccc(OC)c(C(c2cc(C)ccc2C)N2CCCC(C(=O)O)C2)c1. The molecule has 150 valence electrons. The molecule has 0 aromatic heterocycles. The van der Waals surface area contributed by atoms with Crippen LogP contribution in [0.25, 0.3) is 0 Å². The fraction of sp³-hybridized carbons (Fsp3) is 0.435. The van der Waals surface area contributed by atoms with E-state index < -0.39 is 5.97 Å². The van der Waals surface area contributed by atoms with Gasteiger partial charge in [0, 0.05) is 12.1 Å². The Balaban J connectivity index is 2.15. The molecular weight excluding hydrogens is 354 g/mol. The van der Waals surface area contributed by atoms with Crippen molar-refractivity contribution < 1.29 is 19.4 Å². The number of piperidine rings is 1. The van der Waals surface area contributed by atoms with Gasteiger partial charge in [-0.3, -0.25) is 9.69 Å². The highest BCUT2D eigenvalue weighted by Crippen LogP contribution is 2.40. The van der Waals surface area contributed by atoms with Crippen LogP contribution in [0.5, 0.6) is 11.5 Å². The molecule has 2 atom stereocenters. The number of benzene rings is 2. The quantitative estimate of drug-likeness (QED) is 0.810. The Bertz CT molecular complexity index is 848. The molecule has 2 aromatic carbocycles. The Labute approximate surface area is 166 Å². The molecule has 0 bridgehead atoms. The average Bonchev–Trinajstić information content (AvgIpc) is 2.71. The lowest BCUT2D eigenvalue weighted by Crippen LogP contribution is -2.41. The molecule has 3 rings (SSSR count). The molecule has 1 fully saturated rings. The van der Waals surface area contributed by atoms with Crippen molar-refractivity contribution in [1.82, 2.24) is 4.90 Å². The van der Waals surface area contributed by atoms with E-state index in [1.165, 1.54) is 16.7 Å². The summed E-state index contributed by atoms with van der Waals surface area (Å²) in [7, 11) is 3.32. The molecule has 1 saturated heterocycles. The second-order valence-corrected chi connectivity index (χ2v) is 7.54. The van der Waals surface area contributed by atoms with Crippen molar-refractivity contribution in [2.45, 2.75) is 32.7 Å². The van der Waals surface area contributed by atoms with Crippen molar-refractivity contribution in [3.63, 3.8) is 0 Å². The van der Waals surface area contributed by atoms with E-state index >= 15 is 0 Å². The van der Waals surface area contributed by atoms with Crippen LogP contribution in [-0.4, -0.2) is 43.3 Å². The molecule has 0 aliphatic carbocycles. The summed E-state index contributed by atoms with van der Waals surface area (Å²) in [5.41, 5.74) is 4.54. The van der Waals surface area contributed by atoms with Crippen LogP contribution < -0.4 is 9.47 Å². The molecule has 0 radical (unpaired) electrons. The van der Waals surface area contributed by atoms with Gasteiger partial charge in [0.15, 0.2) is 0 Å². The Hall–Kier alpha value is -2.53. The number of aliphatic carboxylic acids is 1. The van der Waals surface area contributed by atoms with Crippen LogP contribution in [-0.2, 0) is 4.79 Å². The number of carbonyl (C=O) groups is 1. The van der Waals surface area contributed by atoms with E-state index in [2.05, 4.69) is 36.9 Å². The number of carboxylic acid groups (broad SMARTS) is 1. The maximum atomic E-state index is 11.7. The number of ether oxygens (including phenoxy) is 2. The molecule has 0 saturated carbocycles. The second-order valence-electron chi connectivity index (χ2n) is 7.54. The molecule has 1 aliphatic heterocycles. The summed E-state index contributed by atoms with van der Waals surface area (Å²) in [4.78, 5) is 13.9. The topological polar surface area (TPSA) is 59.0 Å². The highest BCUT2D eigenvalue weighted by atomic mass is 16.5. The summed E-state index contributed by atoms with van der Waals surface area (Å²) in [6, 6.07) is 12.2. The maximum absolute atomic E-state index is 11.7. The van der Waals surface area contributed by atoms with Gasteiger partial charge < -0.3 is 14.6 Å². The number of aryl methyl sites for hydroxylation is 2. The predicted molar refractivity (Wildman–Crippen MR) is 109 cm³/mol. The minimum Gasteiger partial charge on any atom is -0.497 e. The summed E-state index contributed by atoms with van der Waals surface area (Å²) in [6.07, 6.45) is 1.59. The summed E-state index contributed by atoms with van der Waals surface area (Å²) in [6.45, 7) is 5.56. The Morgan fingerprint density at radius 2 is 1.89 bits per heavy atom. The van der Waals surface area contributed by atoms with Gasteiger partial charge in [-0.15, -0.1) is 0 Å². The zero-order valence-corrected chi connectivity index (χ0v) is 17.1. The molecule has 0 amide bonds. The van der Waals surface area contributed by atoms with Crippen molar-refractivity contribution in [2.24, 2.45) is 5.92 Å². The van der Waals surface area contributed by atoms with Gasteiger partial charge in [0.05, 0.1) is 26.2 Å². The highest BCUT2D eigenvalue weighted by molar-refractivity contribution is 5.70. The first-order valence-electron chi connectivity index (χ1n) is 9.70. The summed E-state index contributed by atoms with van der Waals surface area (Å²) in [5, 5.41) is 9.59. The molecule has 1 N–H and O–H groups in total. The lowest BCUT2D eigenvalue weighted by atomic mass is 9.88. The third kappa shape index (κ3) is 4.14. The number of hydrogen-bond donors (Lipinski definition) is 1. The zero-order valence-electron chi connectivity index (χ0n) is 17.1. The smallest absolute Gasteiger partial charge is 0.307 e. The molecule has 2 unspecified atom stereocenters. The minimum atomic E-state index is -0.720. The second kappa shape index (κ2) is 8.65. The molecule has 2 aromatic rings. The fourth-order valence-electron chi connectivity index (χ4n) is 4.11. The number of carboxylic acids is 1. The molecule has 28 heavy (non-hydrogen) atoms. The monoisotopic (exact) mass is 383 g/mol. The molecule has 1 heterocycles. The van der Waals surface area contributed by atoms with Gasteiger partial charge in [-0.25, -0.2) is 0 Å². The standard InChI is InChI=1S/C23H29NO4/c1-15-7-8-16(2)19(12-15)22(24-11-5-6-17(14-24)23(25)26)20-13-18(27-3)9-10-21(20)28-4/h7-10,12-13,17,22H,5-6,11,14H2,1-4H3,(H,25,26). The highest BCUT2D eigenvalue weighted by Gasteiger charge is 2.33. The third-order valence-electron chi connectivity index (χ3n) is 5.63. The summed E-state index contributed by atoms with van der Waals surface area (Å²) >= 11 is 0. The van der Waals surface area contributed by atoms with Crippen LogP contribution in [0.3, 0.4) is 0 Å². The predicted octanol–water partition coefficient (Wildman–Crippen LogP) is 4.21. The Kier molecular flexibility index (Phi) is 6.25. The van der Waals surface area contributed by atoms with Gasteiger partial charge in [0.1, 0.15) is 11.5 Å². The first-order valence-corrected chi connectivity index (χ1v) is 9.70. The molecule has 1 aliphatic rings. The van der Waals surface area contributed by atoms with Gasteiger partial charge in [0.2, 0.25) is 0 Å². The van der Waals surface area contributed by atoms with Crippen LogP contribution >= 0.6 is 0 Å². The Morgan fingerprint density at radius 1 is 1.11 bits per heavy atom. The van der Waals surface area contributed by atoms with Crippen LogP contribution in [0.15, 0.2) is 36.4 Å². The van der Waals surface area contributed by atoms with E-state index in [1.807, 2.05) is 18.2 Å². The van der Waals surface area contributed by atoms with E-state index in [0.29, 0.717) is 6.54 Å². The van der Waals surface area contributed by atoms with E-state index in [4.69, 9.17) is 9.47 Å². The number of nitrogens with zero attached hydrogens (tertiary/aromatic N) is 1. The molecule has 0 spiro atoms. The van der Waals surface area contributed by atoms with Crippen LogP contribution in [0, 0.1) is 19.8 Å². The first-order chi connectivity index (χ1) is 13.4. The van der Waals surface area contributed by atoms with E-state index in [9.17, 15) is 9.90 Å². The Morgan fingerprint density at radius 3 is 2.57 bits per heavy atom. The average molecular weight is 383 g/mol. The first kappa shape index (κ1) is 20.2. The van der Waals surface area contributed by atoms with Crippen molar-refractivity contribution in [1.29, 1.82) is 0 Å². The van der Waals surface area contributed by atoms with E-state index in [-0.39, 0.29) is 12.0 Å². The van der Waals surface area contributed by atoms with Gasteiger partial charge >= 0.3 is 5.97 Å². The van der Waals surface area contributed by atoms with Crippen molar-refractivity contribution in [2.75, 3.05) is 27.3 Å². The third-order valence-corrected chi connectivity index (χ3v) is 5.63. The van der Waals surface area contributed by atoms with E-state index in [0.717, 1.165) is 36.4 Å². The van der Waals surface area contributed by atoms with Crippen molar-refractivity contribution in [3.8, 4) is 11.5 Å². The molecule has 5 heteroatoms. The van der Waals surface area contributed by atoms with Crippen LogP contribution in [0.2, 0.25) is 0 Å². The van der Waals surface area contributed by atoms with E-state index in [1.54, 1.807) is 14.2 Å². The van der Waals surface area contributed by atoms with Crippen molar-refractivity contribution >= 4 is 5.97 Å².